The summed E-state index contributed by atoms with van der Waals surface area (Å²) in [6.07, 6.45) is 11.7. The van der Waals surface area contributed by atoms with Gasteiger partial charge in [0, 0.05) is 49.5 Å². The minimum atomic E-state index is -0.0736. The Labute approximate surface area is 185 Å². The summed E-state index contributed by atoms with van der Waals surface area (Å²) in [5, 5.41) is 8.70. The van der Waals surface area contributed by atoms with Gasteiger partial charge in [0.05, 0.1) is 11.4 Å². The molecule has 4 rings (SSSR count). The van der Waals surface area contributed by atoms with Gasteiger partial charge < -0.3 is 15.4 Å². The number of nitrogens with zero attached hydrogens (tertiary/aromatic N) is 4. The number of ether oxygens (including phenoxy) is 1. The molecule has 3 N–H and O–H groups in total. The first-order valence-corrected chi connectivity index (χ1v) is 10.7. The lowest BCUT2D eigenvalue weighted by Crippen LogP contribution is -2.49. The number of aromatic nitrogens is 2. The van der Waals surface area contributed by atoms with Gasteiger partial charge in [-0.2, -0.15) is 0 Å². The zero-order valence-electron chi connectivity index (χ0n) is 18.6. The van der Waals surface area contributed by atoms with E-state index in [0.29, 0.717) is 28.7 Å². The van der Waals surface area contributed by atoms with E-state index in [1.807, 2.05) is 18.2 Å². The van der Waals surface area contributed by atoms with Crippen LogP contribution in [0.15, 0.2) is 30.6 Å². The molecule has 31 heavy (non-hydrogen) atoms. The van der Waals surface area contributed by atoms with Crippen LogP contribution in [0.5, 0.6) is 5.75 Å². The molecular weight excluding hydrogens is 388 g/mol. The van der Waals surface area contributed by atoms with Crippen LogP contribution in [-0.4, -0.2) is 58.4 Å². The van der Waals surface area contributed by atoms with Crippen LogP contribution in [0.3, 0.4) is 0 Å². The van der Waals surface area contributed by atoms with Gasteiger partial charge in [-0.15, -0.1) is 12.8 Å². The van der Waals surface area contributed by atoms with E-state index in [1.54, 1.807) is 6.07 Å². The standard InChI is InChI=1S/C22H30N6O.C2H2/c1-15(2)27-8-10-28(11-9-27)20-13-19(25-14-26-20)21(24)17-12-16(4-5-18(17)23)29-22(3)6-7-22;1-2/h4-5,12-15,24H,6-11,23H2,1-3H3;1-2H. The van der Waals surface area contributed by atoms with Crippen molar-refractivity contribution < 1.29 is 4.74 Å². The van der Waals surface area contributed by atoms with Crippen LogP contribution in [0.2, 0.25) is 0 Å². The molecule has 7 nitrogen and oxygen atoms in total. The molecule has 164 valence electrons. The van der Waals surface area contributed by atoms with E-state index in [-0.39, 0.29) is 5.60 Å². The van der Waals surface area contributed by atoms with Crippen LogP contribution < -0.4 is 15.4 Å². The highest BCUT2D eigenvalue weighted by Gasteiger charge is 2.40. The lowest BCUT2D eigenvalue weighted by molar-refractivity contribution is 0.200. The maximum atomic E-state index is 8.70. The van der Waals surface area contributed by atoms with E-state index in [0.717, 1.165) is 50.6 Å². The Bertz CT molecular complexity index is 942. The quantitative estimate of drug-likeness (QED) is 0.424. The van der Waals surface area contributed by atoms with Crippen LogP contribution in [0.1, 0.15) is 44.9 Å². The van der Waals surface area contributed by atoms with Gasteiger partial charge in [-0.3, -0.25) is 10.3 Å². The highest BCUT2D eigenvalue weighted by Crippen LogP contribution is 2.40. The smallest absolute Gasteiger partial charge is 0.132 e. The summed E-state index contributed by atoms with van der Waals surface area (Å²) in [5.41, 5.74) is 8.15. The monoisotopic (exact) mass is 420 g/mol. The molecular formula is C24H32N6O. The van der Waals surface area contributed by atoms with Gasteiger partial charge in [0.2, 0.25) is 0 Å². The zero-order chi connectivity index (χ0) is 22.6. The van der Waals surface area contributed by atoms with Crippen LogP contribution in [0.25, 0.3) is 0 Å². The highest BCUT2D eigenvalue weighted by molar-refractivity contribution is 6.13. The molecule has 7 heteroatoms. The van der Waals surface area contributed by atoms with Gasteiger partial charge in [-0.1, -0.05) is 0 Å². The maximum Gasteiger partial charge on any atom is 0.132 e. The second-order valence-electron chi connectivity index (χ2n) is 8.55. The minimum Gasteiger partial charge on any atom is -0.488 e. The Morgan fingerprint density at radius 3 is 2.42 bits per heavy atom. The number of nitrogen functional groups attached to an aromatic ring is 1. The number of piperazine rings is 1. The minimum absolute atomic E-state index is 0.0736. The first-order chi connectivity index (χ1) is 14.8. The number of nitrogens with two attached hydrogens (primary N) is 1. The highest BCUT2D eigenvalue weighted by atomic mass is 16.5. The molecule has 1 aromatic heterocycles. The van der Waals surface area contributed by atoms with Crippen LogP contribution in [0, 0.1) is 18.3 Å². The zero-order valence-corrected chi connectivity index (χ0v) is 18.6. The number of hydrogen-bond acceptors (Lipinski definition) is 7. The first kappa shape index (κ1) is 22.6. The van der Waals surface area contributed by atoms with Crippen molar-refractivity contribution in [2.75, 3.05) is 36.8 Å². The number of hydrogen-bond donors (Lipinski definition) is 2. The molecule has 1 saturated heterocycles. The van der Waals surface area contributed by atoms with Crippen molar-refractivity contribution in [1.29, 1.82) is 5.41 Å². The Morgan fingerprint density at radius 1 is 1.13 bits per heavy atom. The topological polar surface area (TPSA) is 91.4 Å². The van der Waals surface area contributed by atoms with E-state index < -0.39 is 0 Å². The normalized spacial score (nSPS) is 17.5. The fraction of sp³-hybridized carbons (Fsp3) is 0.458. The summed E-state index contributed by atoms with van der Waals surface area (Å²) in [4.78, 5) is 13.5. The summed E-state index contributed by atoms with van der Waals surface area (Å²) in [6, 6.07) is 7.97. The fourth-order valence-electron chi connectivity index (χ4n) is 3.64. The van der Waals surface area contributed by atoms with E-state index in [9.17, 15) is 0 Å². The summed E-state index contributed by atoms with van der Waals surface area (Å²) in [5.74, 6) is 1.61. The predicted octanol–water partition coefficient (Wildman–Crippen LogP) is 3.19. The van der Waals surface area contributed by atoms with Crippen molar-refractivity contribution in [2.24, 2.45) is 0 Å². The van der Waals surface area contributed by atoms with Crippen molar-refractivity contribution in [3.05, 3.63) is 41.9 Å². The first-order valence-electron chi connectivity index (χ1n) is 10.7. The summed E-state index contributed by atoms with van der Waals surface area (Å²) < 4.78 is 6.04. The van der Waals surface area contributed by atoms with Gasteiger partial charge in [-0.25, -0.2) is 9.97 Å². The lowest BCUT2D eigenvalue weighted by Gasteiger charge is -2.37. The molecule has 0 unspecified atom stereocenters. The second-order valence-corrected chi connectivity index (χ2v) is 8.55. The summed E-state index contributed by atoms with van der Waals surface area (Å²) >= 11 is 0. The van der Waals surface area contributed by atoms with Crippen molar-refractivity contribution in [1.82, 2.24) is 14.9 Å². The van der Waals surface area contributed by atoms with E-state index in [4.69, 9.17) is 15.9 Å². The molecule has 1 aliphatic carbocycles. The SMILES string of the molecule is C#C.CC(C)N1CCN(c2cc(C(=N)c3cc(OC4(C)CC4)ccc3N)ncn2)CC1. The van der Waals surface area contributed by atoms with Crippen LogP contribution in [0.4, 0.5) is 11.5 Å². The molecule has 1 aliphatic heterocycles. The van der Waals surface area contributed by atoms with Crippen LogP contribution >= 0.6 is 0 Å². The Hall–Kier alpha value is -3.11. The third-order valence-corrected chi connectivity index (χ3v) is 5.89. The van der Waals surface area contributed by atoms with Gasteiger partial charge in [-0.05, 0) is 51.8 Å². The van der Waals surface area contributed by atoms with Crippen molar-refractivity contribution >= 4 is 17.2 Å². The largest absolute Gasteiger partial charge is 0.488 e. The molecule has 2 aromatic rings. The molecule has 0 atom stereocenters. The van der Waals surface area contributed by atoms with Crippen molar-refractivity contribution in [3.8, 4) is 18.6 Å². The third-order valence-electron chi connectivity index (χ3n) is 5.89. The molecule has 0 amide bonds. The Morgan fingerprint density at radius 2 is 1.81 bits per heavy atom. The lowest BCUT2D eigenvalue weighted by atomic mass is 10.0. The number of nitrogens with one attached hydrogen (secondary N) is 1. The number of anilines is 2. The molecule has 0 radical (unpaired) electrons. The number of rotatable bonds is 6. The molecule has 1 saturated carbocycles. The average Bonchev–Trinajstić information content (AvgIpc) is 3.52. The molecule has 0 spiro atoms. The third kappa shape index (κ3) is 5.33. The fourth-order valence-corrected chi connectivity index (χ4v) is 3.64. The van der Waals surface area contributed by atoms with E-state index in [2.05, 4.69) is 53.4 Å². The van der Waals surface area contributed by atoms with Crippen molar-refractivity contribution in [2.45, 2.75) is 45.3 Å². The van der Waals surface area contributed by atoms with Gasteiger partial charge >= 0.3 is 0 Å². The molecule has 2 heterocycles. The predicted molar refractivity (Wildman–Crippen MR) is 126 cm³/mol. The maximum absolute atomic E-state index is 8.70. The molecule has 2 aliphatic rings. The van der Waals surface area contributed by atoms with E-state index >= 15 is 0 Å². The summed E-state index contributed by atoms with van der Waals surface area (Å²) in [7, 11) is 0. The molecule has 0 bridgehead atoms. The van der Waals surface area contributed by atoms with Gasteiger partial charge in [0.15, 0.2) is 0 Å². The van der Waals surface area contributed by atoms with Gasteiger partial charge in [0.25, 0.3) is 0 Å². The van der Waals surface area contributed by atoms with Crippen LogP contribution in [-0.2, 0) is 0 Å². The van der Waals surface area contributed by atoms with Crippen molar-refractivity contribution in [3.63, 3.8) is 0 Å². The van der Waals surface area contributed by atoms with E-state index in [1.165, 1.54) is 6.33 Å². The summed E-state index contributed by atoms with van der Waals surface area (Å²) in [6.45, 7) is 10.4. The molecule has 2 fully saturated rings. The molecule has 1 aromatic carbocycles. The number of terminal acetylenes is 1. The van der Waals surface area contributed by atoms with Gasteiger partial charge in [0.1, 0.15) is 23.5 Å². The Balaban J connectivity index is 0.00000132. The Kier molecular flexibility index (Phi) is 6.81. The average molecular weight is 421 g/mol. The number of benzene rings is 1. The second kappa shape index (κ2) is 9.36.